The molecule has 8 heteroatoms. The first-order chi connectivity index (χ1) is 14.9. The molecule has 1 aliphatic rings. The van der Waals surface area contributed by atoms with Crippen LogP contribution in [-0.2, 0) is 0 Å². The van der Waals surface area contributed by atoms with E-state index in [0.29, 0.717) is 40.9 Å². The lowest BCUT2D eigenvalue weighted by molar-refractivity contribution is 0.0988. The van der Waals surface area contributed by atoms with Gasteiger partial charge >= 0.3 is 0 Å². The van der Waals surface area contributed by atoms with E-state index in [1.54, 1.807) is 31.2 Å². The van der Waals surface area contributed by atoms with Crippen LogP contribution in [0.3, 0.4) is 0 Å². The predicted octanol–water partition coefficient (Wildman–Crippen LogP) is 6.13. The Kier molecular flexibility index (Phi) is 6.30. The van der Waals surface area contributed by atoms with E-state index in [9.17, 15) is 9.18 Å². The number of nitrogens with zero attached hydrogens (tertiary/aromatic N) is 2. The van der Waals surface area contributed by atoms with E-state index in [0.717, 1.165) is 11.5 Å². The van der Waals surface area contributed by atoms with Crippen molar-refractivity contribution in [2.24, 2.45) is 0 Å². The summed E-state index contributed by atoms with van der Waals surface area (Å²) in [7, 11) is 0. The van der Waals surface area contributed by atoms with E-state index < -0.39 is 5.82 Å². The fourth-order valence-corrected chi connectivity index (χ4v) is 3.66. The van der Waals surface area contributed by atoms with Gasteiger partial charge < -0.3 is 15.0 Å². The highest BCUT2D eigenvalue weighted by atomic mass is 35.5. The number of halogens is 3. The molecule has 2 heterocycles. The summed E-state index contributed by atoms with van der Waals surface area (Å²) < 4.78 is 19.6. The van der Waals surface area contributed by atoms with Gasteiger partial charge in [-0.25, -0.2) is 9.37 Å². The standard InChI is InChI=1S/C23H20Cl2FN3O2/c1-2-20(30)17-11-15(7-8-18(17)25)27-22-4-3-5-23(28-22)29-12-16(13-29)31-21-9-6-14(24)10-19(21)26/h3-11,16H,2,12-13H2,1H3,(H,27,28). The average Bonchev–Trinajstić information content (AvgIpc) is 2.72. The van der Waals surface area contributed by atoms with Crippen LogP contribution in [-0.4, -0.2) is 30.0 Å². The van der Waals surface area contributed by atoms with Crippen molar-refractivity contribution in [2.45, 2.75) is 19.4 Å². The van der Waals surface area contributed by atoms with Gasteiger partial charge in [-0.2, -0.15) is 0 Å². The summed E-state index contributed by atoms with van der Waals surface area (Å²) in [5, 5.41) is 3.98. The van der Waals surface area contributed by atoms with E-state index in [2.05, 4.69) is 10.3 Å². The number of nitrogens with one attached hydrogen (secondary N) is 1. The molecule has 0 aliphatic carbocycles. The fourth-order valence-electron chi connectivity index (χ4n) is 3.27. The second-order valence-corrected chi connectivity index (χ2v) is 8.04. The zero-order valence-corrected chi connectivity index (χ0v) is 18.3. The molecule has 2 aromatic carbocycles. The summed E-state index contributed by atoms with van der Waals surface area (Å²) in [5.74, 6) is 1.12. The van der Waals surface area contributed by atoms with Gasteiger partial charge in [0, 0.05) is 22.7 Å². The predicted molar refractivity (Wildman–Crippen MR) is 122 cm³/mol. The van der Waals surface area contributed by atoms with E-state index in [4.69, 9.17) is 27.9 Å². The first kappa shape index (κ1) is 21.4. The lowest BCUT2D eigenvalue weighted by atomic mass is 10.1. The van der Waals surface area contributed by atoms with Gasteiger partial charge in [0.05, 0.1) is 18.1 Å². The highest BCUT2D eigenvalue weighted by molar-refractivity contribution is 6.34. The number of hydrogen-bond donors (Lipinski definition) is 1. The molecule has 5 nitrogen and oxygen atoms in total. The second-order valence-electron chi connectivity index (χ2n) is 7.20. The molecule has 0 bridgehead atoms. The Morgan fingerprint density at radius 3 is 2.74 bits per heavy atom. The molecule has 1 saturated heterocycles. The molecule has 3 aromatic rings. The quantitative estimate of drug-likeness (QED) is 0.430. The molecule has 31 heavy (non-hydrogen) atoms. The average molecular weight is 460 g/mol. The molecule has 1 aliphatic heterocycles. The van der Waals surface area contributed by atoms with Crippen LogP contribution >= 0.6 is 23.2 Å². The smallest absolute Gasteiger partial charge is 0.166 e. The summed E-state index contributed by atoms with van der Waals surface area (Å²) in [4.78, 5) is 18.7. The van der Waals surface area contributed by atoms with Crippen LogP contribution in [0.1, 0.15) is 23.7 Å². The Bertz CT molecular complexity index is 1120. The van der Waals surface area contributed by atoms with Crippen molar-refractivity contribution in [1.29, 1.82) is 0 Å². The molecular formula is C23H20Cl2FN3O2. The van der Waals surface area contributed by atoms with E-state index in [1.165, 1.54) is 12.1 Å². The van der Waals surface area contributed by atoms with Crippen LogP contribution in [0.2, 0.25) is 10.0 Å². The molecule has 0 spiro atoms. The lowest BCUT2D eigenvalue weighted by Crippen LogP contribution is -2.54. The maximum absolute atomic E-state index is 13.9. The largest absolute Gasteiger partial charge is 0.484 e. The molecule has 0 radical (unpaired) electrons. The van der Waals surface area contributed by atoms with Crippen molar-refractivity contribution < 1.29 is 13.9 Å². The molecule has 0 atom stereocenters. The Labute approximate surface area is 189 Å². The second kappa shape index (κ2) is 9.12. The minimum Gasteiger partial charge on any atom is -0.484 e. The number of ether oxygens (including phenoxy) is 1. The topological polar surface area (TPSA) is 54.5 Å². The molecule has 0 saturated carbocycles. The minimum absolute atomic E-state index is 0.0147. The van der Waals surface area contributed by atoms with E-state index >= 15 is 0 Å². The van der Waals surface area contributed by atoms with E-state index in [1.807, 2.05) is 23.1 Å². The van der Waals surface area contributed by atoms with Gasteiger partial charge in [-0.1, -0.05) is 36.2 Å². The first-order valence-corrected chi connectivity index (χ1v) is 10.6. The zero-order valence-electron chi connectivity index (χ0n) is 16.7. The highest BCUT2D eigenvalue weighted by Gasteiger charge is 2.30. The number of benzene rings is 2. The van der Waals surface area contributed by atoms with Crippen LogP contribution in [0.15, 0.2) is 54.6 Å². The Morgan fingerprint density at radius 2 is 2.00 bits per heavy atom. The molecule has 1 fully saturated rings. The van der Waals surface area contributed by atoms with Crippen molar-refractivity contribution in [3.05, 3.63) is 76.0 Å². The van der Waals surface area contributed by atoms with E-state index in [-0.39, 0.29) is 17.6 Å². The van der Waals surface area contributed by atoms with Crippen molar-refractivity contribution in [1.82, 2.24) is 4.98 Å². The zero-order chi connectivity index (χ0) is 22.0. The Hall–Kier alpha value is -2.83. The maximum Gasteiger partial charge on any atom is 0.166 e. The normalized spacial score (nSPS) is 13.6. The van der Waals surface area contributed by atoms with Crippen LogP contribution in [0.25, 0.3) is 0 Å². The molecule has 0 amide bonds. The molecule has 160 valence electrons. The third kappa shape index (κ3) is 4.92. The molecular weight excluding hydrogens is 440 g/mol. The van der Waals surface area contributed by atoms with Crippen molar-refractivity contribution in [2.75, 3.05) is 23.3 Å². The summed E-state index contributed by atoms with van der Waals surface area (Å²) in [6.45, 7) is 2.98. The minimum atomic E-state index is -0.473. The molecule has 0 unspecified atom stereocenters. The van der Waals surface area contributed by atoms with Gasteiger partial charge in [-0.05, 0) is 48.5 Å². The monoisotopic (exact) mass is 459 g/mol. The highest BCUT2D eigenvalue weighted by Crippen LogP contribution is 2.28. The van der Waals surface area contributed by atoms with Crippen LogP contribution in [0.5, 0.6) is 5.75 Å². The number of rotatable bonds is 7. The van der Waals surface area contributed by atoms with Gasteiger partial charge in [-0.3, -0.25) is 4.79 Å². The number of anilines is 3. The molecule has 1 N–H and O–H groups in total. The lowest BCUT2D eigenvalue weighted by Gasteiger charge is -2.39. The van der Waals surface area contributed by atoms with Gasteiger partial charge in [0.15, 0.2) is 17.3 Å². The van der Waals surface area contributed by atoms with Crippen LogP contribution in [0.4, 0.5) is 21.7 Å². The SMILES string of the molecule is CCC(=O)c1cc(Nc2cccc(N3CC(Oc4ccc(Cl)cc4F)C3)n2)ccc1Cl. The summed E-state index contributed by atoms with van der Waals surface area (Å²) in [6, 6.07) is 15.2. The third-order valence-electron chi connectivity index (χ3n) is 4.95. The van der Waals surface area contributed by atoms with Crippen LogP contribution in [0, 0.1) is 5.82 Å². The van der Waals surface area contributed by atoms with Gasteiger partial charge in [-0.15, -0.1) is 0 Å². The third-order valence-corrected chi connectivity index (χ3v) is 5.52. The summed E-state index contributed by atoms with van der Waals surface area (Å²) >= 11 is 11.9. The number of pyridine rings is 1. The Morgan fingerprint density at radius 1 is 1.19 bits per heavy atom. The maximum atomic E-state index is 13.9. The van der Waals surface area contributed by atoms with Gasteiger partial charge in [0.2, 0.25) is 0 Å². The number of aromatic nitrogens is 1. The number of Topliss-reactive ketones (excluding diaryl/α,β-unsaturated/α-hetero) is 1. The first-order valence-electron chi connectivity index (χ1n) is 9.86. The number of carbonyl (C=O) groups excluding carboxylic acids is 1. The molecule has 1 aromatic heterocycles. The fraction of sp³-hybridized carbons (Fsp3) is 0.217. The van der Waals surface area contributed by atoms with Crippen molar-refractivity contribution in [3.63, 3.8) is 0 Å². The molecule has 4 rings (SSSR count). The van der Waals surface area contributed by atoms with Crippen molar-refractivity contribution in [3.8, 4) is 5.75 Å². The van der Waals surface area contributed by atoms with Gasteiger partial charge in [0.25, 0.3) is 0 Å². The van der Waals surface area contributed by atoms with Crippen LogP contribution < -0.4 is 15.0 Å². The number of hydrogen-bond acceptors (Lipinski definition) is 5. The Balaban J connectivity index is 1.40. The summed E-state index contributed by atoms with van der Waals surface area (Å²) in [5.41, 5.74) is 1.22. The van der Waals surface area contributed by atoms with Gasteiger partial charge in [0.1, 0.15) is 17.7 Å². The summed E-state index contributed by atoms with van der Waals surface area (Å²) in [6.07, 6.45) is 0.252. The number of carbonyl (C=O) groups is 1. The number of ketones is 1. The van der Waals surface area contributed by atoms with Crippen molar-refractivity contribution >= 4 is 46.3 Å².